The van der Waals surface area contributed by atoms with Crippen molar-refractivity contribution in [2.24, 2.45) is 23.7 Å². The third-order valence-electron chi connectivity index (χ3n) is 5.29. The fraction of sp³-hybridized carbons (Fsp3) is 1.00. The number of ether oxygens (including phenoxy) is 1. The van der Waals surface area contributed by atoms with Crippen LogP contribution in [0, 0.1) is 23.7 Å². The Morgan fingerprint density at radius 3 is 2.12 bits per heavy atom. The molecular formula is C16H30O. The summed E-state index contributed by atoms with van der Waals surface area (Å²) in [4.78, 5) is 0. The van der Waals surface area contributed by atoms with E-state index in [1.165, 1.54) is 44.9 Å². The zero-order chi connectivity index (χ0) is 12.3. The van der Waals surface area contributed by atoms with Crippen molar-refractivity contribution in [3.05, 3.63) is 0 Å². The maximum absolute atomic E-state index is 5.35. The molecule has 0 aromatic carbocycles. The van der Waals surface area contributed by atoms with Crippen molar-refractivity contribution in [1.29, 1.82) is 0 Å². The van der Waals surface area contributed by atoms with Crippen molar-refractivity contribution in [3.8, 4) is 0 Å². The highest BCUT2D eigenvalue weighted by Gasteiger charge is 2.30. The molecule has 1 nitrogen and oxygen atoms in total. The fourth-order valence-electron chi connectivity index (χ4n) is 3.44. The summed E-state index contributed by atoms with van der Waals surface area (Å²) in [5.41, 5.74) is 0. The van der Waals surface area contributed by atoms with Crippen LogP contribution >= 0.6 is 0 Å². The molecular weight excluding hydrogens is 208 g/mol. The van der Waals surface area contributed by atoms with E-state index in [0.29, 0.717) is 6.10 Å². The van der Waals surface area contributed by atoms with Crippen LogP contribution in [0.25, 0.3) is 0 Å². The molecule has 0 bridgehead atoms. The van der Waals surface area contributed by atoms with Crippen molar-refractivity contribution < 1.29 is 4.74 Å². The van der Waals surface area contributed by atoms with Crippen molar-refractivity contribution >= 4 is 0 Å². The summed E-state index contributed by atoms with van der Waals surface area (Å²) >= 11 is 0. The molecule has 1 heterocycles. The van der Waals surface area contributed by atoms with Gasteiger partial charge in [0, 0.05) is 0 Å². The summed E-state index contributed by atoms with van der Waals surface area (Å²) in [5.74, 6) is 3.84. The van der Waals surface area contributed by atoms with E-state index >= 15 is 0 Å². The van der Waals surface area contributed by atoms with E-state index in [9.17, 15) is 0 Å². The quantitative estimate of drug-likeness (QED) is 0.613. The molecule has 2 fully saturated rings. The standard InChI is InChI=1S/C16H30O/c1-4-12(2)13(3)9-14-5-7-15(8-6-14)10-16-11-17-16/h12-16H,4-11H2,1-3H3. The maximum atomic E-state index is 5.35. The molecule has 1 heteroatoms. The zero-order valence-electron chi connectivity index (χ0n) is 12.0. The molecule has 0 aromatic rings. The summed E-state index contributed by atoms with van der Waals surface area (Å²) in [5, 5.41) is 0. The van der Waals surface area contributed by atoms with Gasteiger partial charge in [0.05, 0.1) is 12.7 Å². The Labute approximate surface area is 107 Å². The Kier molecular flexibility index (Phi) is 4.90. The minimum Gasteiger partial charge on any atom is -0.373 e. The van der Waals surface area contributed by atoms with E-state index in [1.807, 2.05) is 0 Å². The number of hydrogen-bond acceptors (Lipinski definition) is 1. The van der Waals surface area contributed by atoms with Gasteiger partial charge < -0.3 is 4.74 Å². The topological polar surface area (TPSA) is 12.5 Å². The average molecular weight is 238 g/mol. The Bertz CT molecular complexity index is 214. The van der Waals surface area contributed by atoms with Crippen LogP contribution in [-0.2, 0) is 4.74 Å². The molecule has 0 N–H and O–H groups in total. The Hall–Kier alpha value is -0.0400. The molecule has 17 heavy (non-hydrogen) atoms. The van der Waals surface area contributed by atoms with Crippen LogP contribution in [-0.4, -0.2) is 12.7 Å². The lowest BCUT2D eigenvalue weighted by Gasteiger charge is -2.31. The smallest absolute Gasteiger partial charge is 0.0812 e. The van der Waals surface area contributed by atoms with Crippen LogP contribution < -0.4 is 0 Å². The maximum Gasteiger partial charge on any atom is 0.0812 e. The summed E-state index contributed by atoms with van der Waals surface area (Å²) in [6.45, 7) is 8.25. The molecule has 2 rings (SSSR count). The van der Waals surface area contributed by atoms with Gasteiger partial charge in [-0.15, -0.1) is 0 Å². The first-order valence-corrected chi connectivity index (χ1v) is 7.80. The number of hydrogen-bond donors (Lipinski definition) is 0. The second kappa shape index (κ2) is 6.22. The molecule has 0 aromatic heterocycles. The third kappa shape index (κ3) is 4.28. The second-order valence-electron chi connectivity index (χ2n) is 6.68. The minimum atomic E-state index is 0.649. The lowest BCUT2D eigenvalue weighted by molar-refractivity contribution is 0.200. The minimum absolute atomic E-state index is 0.649. The third-order valence-corrected chi connectivity index (χ3v) is 5.29. The van der Waals surface area contributed by atoms with Crippen LogP contribution in [0.2, 0.25) is 0 Å². The number of epoxide rings is 1. The van der Waals surface area contributed by atoms with Gasteiger partial charge in [0.15, 0.2) is 0 Å². The van der Waals surface area contributed by atoms with Crippen molar-refractivity contribution in [3.63, 3.8) is 0 Å². The largest absolute Gasteiger partial charge is 0.373 e. The van der Waals surface area contributed by atoms with Crippen LogP contribution in [0.15, 0.2) is 0 Å². The van der Waals surface area contributed by atoms with Gasteiger partial charge in [-0.25, -0.2) is 0 Å². The Morgan fingerprint density at radius 1 is 1.00 bits per heavy atom. The van der Waals surface area contributed by atoms with Gasteiger partial charge in [-0.05, 0) is 36.5 Å². The fourth-order valence-corrected chi connectivity index (χ4v) is 3.44. The highest BCUT2D eigenvalue weighted by atomic mass is 16.6. The van der Waals surface area contributed by atoms with E-state index in [2.05, 4.69) is 20.8 Å². The van der Waals surface area contributed by atoms with Gasteiger partial charge in [0.2, 0.25) is 0 Å². The molecule has 1 aliphatic carbocycles. The zero-order valence-corrected chi connectivity index (χ0v) is 12.0. The predicted molar refractivity (Wildman–Crippen MR) is 73.0 cm³/mol. The molecule has 0 radical (unpaired) electrons. The van der Waals surface area contributed by atoms with Crippen molar-refractivity contribution in [2.75, 3.05) is 6.61 Å². The van der Waals surface area contributed by atoms with Gasteiger partial charge in [-0.3, -0.25) is 0 Å². The predicted octanol–water partition coefficient (Wildman–Crippen LogP) is 4.65. The van der Waals surface area contributed by atoms with E-state index in [0.717, 1.165) is 30.3 Å². The van der Waals surface area contributed by atoms with Crippen LogP contribution in [0.3, 0.4) is 0 Å². The van der Waals surface area contributed by atoms with Gasteiger partial charge in [-0.2, -0.15) is 0 Å². The first-order chi connectivity index (χ1) is 8.19. The van der Waals surface area contributed by atoms with Gasteiger partial charge in [0.1, 0.15) is 0 Å². The molecule has 2 aliphatic rings. The van der Waals surface area contributed by atoms with Crippen LogP contribution in [0.5, 0.6) is 0 Å². The summed E-state index contributed by atoms with van der Waals surface area (Å²) in [6, 6.07) is 0. The molecule has 100 valence electrons. The summed E-state index contributed by atoms with van der Waals surface area (Å²) in [6.07, 6.45) is 10.7. The summed E-state index contributed by atoms with van der Waals surface area (Å²) < 4.78 is 5.35. The first-order valence-electron chi connectivity index (χ1n) is 7.80. The van der Waals surface area contributed by atoms with Crippen molar-refractivity contribution in [1.82, 2.24) is 0 Å². The Balaban J connectivity index is 1.64. The monoisotopic (exact) mass is 238 g/mol. The highest BCUT2D eigenvalue weighted by Crippen LogP contribution is 2.37. The summed E-state index contributed by atoms with van der Waals surface area (Å²) in [7, 11) is 0. The molecule has 0 amide bonds. The van der Waals surface area contributed by atoms with E-state index in [-0.39, 0.29) is 0 Å². The van der Waals surface area contributed by atoms with Gasteiger partial charge >= 0.3 is 0 Å². The number of rotatable bonds is 6. The normalized spacial score (nSPS) is 36.5. The van der Waals surface area contributed by atoms with E-state index < -0.39 is 0 Å². The van der Waals surface area contributed by atoms with Gasteiger partial charge in [-0.1, -0.05) is 52.9 Å². The molecule has 3 atom stereocenters. The van der Waals surface area contributed by atoms with Crippen LogP contribution in [0.1, 0.15) is 65.7 Å². The highest BCUT2D eigenvalue weighted by molar-refractivity contribution is 4.80. The lowest BCUT2D eigenvalue weighted by Crippen LogP contribution is -2.19. The Morgan fingerprint density at radius 2 is 1.59 bits per heavy atom. The SMILES string of the molecule is CCC(C)C(C)CC1CCC(CC2CO2)CC1. The van der Waals surface area contributed by atoms with Crippen molar-refractivity contribution in [2.45, 2.75) is 71.8 Å². The molecule has 3 unspecified atom stereocenters. The van der Waals surface area contributed by atoms with E-state index in [4.69, 9.17) is 4.74 Å². The molecule has 1 aliphatic heterocycles. The average Bonchev–Trinajstić information content (AvgIpc) is 3.14. The molecule has 0 spiro atoms. The van der Waals surface area contributed by atoms with Crippen LogP contribution in [0.4, 0.5) is 0 Å². The van der Waals surface area contributed by atoms with E-state index in [1.54, 1.807) is 0 Å². The second-order valence-corrected chi connectivity index (χ2v) is 6.68. The lowest BCUT2D eigenvalue weighted by atomic mass is 9.75. The molecule has 1 saturated carbocycles. The van der Waals surface area contributed by atoms with Gasteiger partial charge in [0.25, 0.3) is 0 Å². The first kappa shape index (κ1) is 13.4. The molecule has 1 saturated heterocycles.